The Labute approximate surface area is 122 Å². The highest BCUT2D eigenvalue weighted by Crippen LogP contribution is 2.15. The minimum Gasteiger partial charge on any atom is -0.376 e. The molecule has 1 aliphatic heterocycles. The standard InChI is InChI=1S/C13H18N6O2/c1-18-9-12(16-17-18)13(20)15-10-6-14-19(7-10)8-11-4-2-3-5-21-11/h6-7,9,11H,2-5,8H2,1H3,(H,15,20)/t11-/m0/s1. The lowest BCUT2D eigenvalue weighted by Gasteiger charge is -2.22. The quantitative estimate of drug-likeness (QED) is 0.901. The van der Waals surface area contributed by atoms with Gasteiger partial charge < -0.3 is 10.1 Å². The van der Waals surface area contributed by atoms with Gasteiger partial charge in [0.05, 0.1) is 30.7 Å². The number of nitrogens with zero attached hydrogens (tertiary/aromatic N) is 5. The summed E-state index contributed by atoms with van der Waals surface area (Å²) in [6, 6.07) is 0. The Hall–Kier alpha value is -2.22. The van der Waals surface area contributed by atoms with Crippen molar-refractivity contribution in [2.75, 3.05) is 11.9 Å². The van der Waals surface area contributed by atoms with E-state index in [-0.39, 0.29) is 17.7 Å². The number of anilines is 1. The van der Waals surface area contributed by atoms with Crippen molar-refractivity contribution in [2.45, 2.75) is 31.9 Å². The number of nitrogens with one attached hydrogen (secondary N) is 1. The van der Waals surface area contributed by atoms with E-state index in [1.807, 2.05) is 0 Å². The third-order valence-electron chi connectivity index (χ3n) is 3.39. The second-order valence-electron chi connectivity index (χ2n) is 5.17. The van der Waals surface area contributed by atoms with Crippen molar-refractivity contribution in [2.24, 2.45) is 7.05 Å². The molecule has 2 aromatic heterocycles. The Balaban J connectivity index is 1.58. The molecule has 0 aliphatic carbocycles. The SMILES string of the molecule is Cn1cc(C(=O)Nc2cnn(C[C@@H]3CCCCO3)c2)nn1. The first kappa shape index (κ1) is 13.7. The second-order valence-corrected chi connectivity index (χ2v) is 5.17. The lowest BCUT2D eigenvalue weighted by Crippen LogP contribution is -2.24. The van der Waals surface area contributed by atoms with Crippen LogP contribution in [0.15, 0.2) is 18.6 Å². The molecule has 1 amide bonds. The van der Waals surface area contributed by atoms with Crippen LogP contribution in [0.5, 0.6) is 0 Å². The van der Waals surface area contributed by atoms with Crippen LogP contribution in [0, 0.1) is 0 Å². The summed E-state index contributed by atoms with van der Waals surface area (Å²) in [6.07, 6.45) is 8.58. The van der Waals surface area contributed by atoms with Crippen molar-refractivity contribution in [1.82, 2.24) is 24.8 Å². The number of hydrogen-bond acceptors (Lipinski definition) is 5. The van der Waals surface area contributed by atoms with Gasteiger partial charge in [-0.25, -0.2) is 0 Å². The van der Waals surface area contributed by atoms with E-state index in [9.17, 15) is 4.79 Å². The average molecular weight is 290 g/mol. The summed E-state index contributed by atoms with van der Waals surface area (Å²) in [5, 5.41) is 14.5. The van der Waals surface area contributed by atoms with Crippen LogP contribution < -0.4 is 5.32 Å². The molecule has 0 radical (unpaired) electrons. The van der Waals surface area contributed by atoms with Crippen molar-refractivity contribution in [1.29, 1.82) is 0 Å². The van der Waals surface area contributed by atoms with Gasteiger partial charge in [-0.3, -0.25) is 14.2 Å². The first-order valence-electron chi connectivity index (χ1n) is 7.02. The molecule has 21 heavy (non-hydrogen) atoms. The highest BCUT2D eigenvalue weighted by molar-refractivity contribution is 6.02. The summed E-state index contributed by atoms with van der Waals surface area (Å²) in [5.74, 6) is -0.295. The van der Waals surface area contributed by atoms with Crippen LogP contribution in [-0.2, 0) is 18.3 Å². The van der Waals surface area contributed by atoms with Crippen LogP contribution in [0.1, 0.15) is 29.8 Å². The fraction of sp³-hybridized carbons (Fsp3) is 0.538. The molecule has 8 nitrogen and oxygen atoms in total. The maximum atomic E-state index is 11.9. The van der Waals surface area contributed by atoms with Gasteiger partial charge in [0.1, 0.15) is 0 Å². The van der Waals surface area contributed by atoms with Crippen molar-refractivity contribution >= 4 is 11.6 Å². The summed E-state index contributed by atoms with van der Waals surface area (Å²) < 4.78 is 8.95. The molecule has 112 valence electrons. The second kappa shape index (κ2) is 6.04. The normalized spacial score (nSPS) is 18.6. The first-order valence-corrected chi connectivity index (χ1v) is 7.02. The van der Waals surface area contributed by atoms with Crippen molar-refractivity contribution < 1.29 is 9.53 Å². The van der Waals surface area contributed by atoms with Gasteiger partial charge in [-0.15, -0.1) is 5.10 Å². The van der Waals surface area contributed by atoms with Gasteiger partial charge >= 0.3 is 0 Å². The molecule has 0 unspecified atom stereocenters. The number of carbonyl (C=O) groups is 1. The van der Waals surface area contributed by atoms with Gasteiger partial charge in [0.15, 0.2) is 5.69 Å². The predicted molar refractivity (Wildman–Crippen MR) is 74.8 cm³/mol. The Kier molecular flexibility index (Phi) is 3.96. The van der Waals surface area contributed by atoms with Crippen LogP contribution in [0.2, 0.25) is 0 Å². The van der Waals surface area contributed by atoms with Crippen LogP contribution in [0.4, 0.5) is 5.69 Å². The molecule has 1 N–H and O–H groups in total. The third kappa shape index (κ3) is 3.46. The van der Waals surface area contributed by atoms with Crippen molar-refractivity contribution in [3.63, 3.8) is 0 Å². The summed E-state index contributed by atoms with van der Waals surface area (Å²) in [4.78, 5) is 11.9. The van der Waals surface area contributed by atoms with Crippen LogP contribution >= 0.6 is 0 Å². The van der Waals surface area contributed by atoms with Gasteiger partial charge in [-0.1, -0.05) is 5.21 Å². The molecule has 1 fully saturated rings. The molecular weight excluding hydrogens is 272 g/mol. The van der Waals surface area contributed by atoms with E-state index >= 15 is 0 Å². The molecule has 0 aromatic carbocycles. The van der Waals surface area contributed by atoms with E-state index in [1.165, 1.54) is 11.1 Å². The molecular formula is C13H18N6O2. The lowest BCUT2D eigenvalue weighted by atomic mass is 10.1. The zero-order chi connectivity index (χ0) is 14.7. The fourth-order valence-electron chi connectivity index (χ4n) is 2.33. The maximum Gasteiger partial charge on any atom is 0.277 e. The van der Waals surface area contributed by atoms with E-state index in [2.05, 4.69) is 20.7 Å². The van der Waals surface area contributed by atoms with E-state index < -0.39 is 0 Å². The smallest absolute Gasteiger partial charge is 0.277 e. The Morgan fingerprint density at radius 1 is 1.48 bits per heavy atom. The number of rotatable bonds is 4. The molecule has 8 heteroatoms. The maximum absolute atomic E-state index is 11.9. The predicted octanol–water partition coefficient (Wildman–Crippen LogP) is 0.833. The van der Waals surface area contributed by atoms with Crippen molar-refractivity contribution in [3.05, 3.63) is 24.3 Å². The largest absolute Gasteiger partial charge is 0.376 e. The monoisotopic (exact) mass is 290 g/mol. The number of carbonyl (C=O) groups excluding carboxylic acids is 1. The number of aryl methyl sites for hydroxylation is 1. The highest BCUT2D eigenvalue weighted by Gasteiger charge is 2.16. The van der Waals surface area contributed by atoms with E-state index in [1.54, 1.807) is 30.3 Å². The minimum atomic E-state index is -0.295. The van der Waals surface area contributed by atoms with Gasteiger partial charge in [0, 0.05) is 19.9 Å². The molecule has 0 saturated carbocycles. The number of aromatic nitrogens is 5. The van der Waals surface area contributed by atoms with Gasteiger partial charge in [0.2, 0.25) is 0 Å². The fourth-order valence-corrected chi connectivity index (χ4v) is 2.33. The zero-order valence-corrected chi connectivity index (χ0v) is 11.9. The number of amides is 1. The lowest BCUT2D eigenvalue weighted by molar-refractivity contribution is 0.00401. The number of hydrogen-bond donors (Lipinski definition) is 1. The van der Waals surface area contributed by atoms with Gasteiger partial charge in [0.25, 0.3) is 5.91 Å². The van der Waals surface area contributed by atoms with Gasteiger partial charge in [-0.05, 0) is 19.3 Å². The van der Waals surface area contributed by atoms with E-state index in [0.717, 1.165) is 19.4 Å². The summed E-state index contributed by atoms with van der Waals surface area (Å²) in [7, 11) is 1.71. The van der Waals surface area contributed by atoms with Crippen LogP contribution in [0.3, 0.4) is 0 Å². The molecule has 1 aliphatic rings. The molecule has 0 bridgehead atoms. The Morgan fingerprint density at radius 3 is 3.10 bits per heavy atom. The summed E-state index contributed by atoms with van der Waals surface area (Å²) >= 11 is 0. The Bertz CT molecular complexity index is 614. The van der Waals surface area contributed by atoms with Gasteiger partial charge in [-0.2, -0.15) is 5.10 Å². The van der Waals surface area contributed by atoms with E-state index in [4.69, 9.17) is 4.74 Å². The highest BCUT2D eigenvalue weighted by atomic mass is 16.5. The zero-order valence-electron chi connectivity index (χ0n) is 11.9. The molecule has 1 atom stereocenters. The Morgan fingerprint density at radius 2 is 2.38 bits per heavy atom. The molecule has 2 aromatic rings. The van der Waals surface area contributed by atoms with Crippen LogP contribution in [-0.4, -0.2) is 43.4 Å². The van der Waals surface area contributed by atoms with E-state index in [0.29, 0.717) is 12.2 Å². The molecule has 3 rings (SSSR count). The number of ether oxygens (including phenoxy) is 1. The first-order chi connectivity index (χ1) is 10.2. The molecule has 0 spiro atoms. The van der Waals surface area contributed by atoms with Crippen molar-refractivity contribution in [3.8, 4) is 0 Å². The minimum absolute atomic E-state index is 0.210. The summed E-state index contributed by atoms with van der Waals surface area (Å²) in [6.45, 7) is 1.53. The molecule has 3 heterocycles. The topological polar surface area (TPSA) is 86.9 Å². The molecule has 1 saturated heterocycles. The summed E-state index contributed by atoms with van der Waals surface area (Å²) in [5.41, 5.74) is 0.919. The third-order valence-corrected chi connectivity index (χ3v) is 3.39. The van der Waals surface area contributed by atoms with Crippen LogP contribution in [0.25, 0.3) is 0 Å². The average Bonchev–Trinajstić information content (AvgIpc) is 3.09.